The van der Waals surface area contributed by atoms with Gasteiger partial charge in [-0.25, -0.2) is 9.18 Å². The zero-order valence-electron chi connectivity index (χ0n) is 7.41. The van der Waals surface area contributed by atoms with E-state index in [-0.39, 0.29) is 11.3 Å². The van der Waals surface area contributed by atoms with Gasteiger partial charge in [-0.2, -0.15) is 0 Å². The Hall–Kier alpha value is -1.91. The second kappa shape index (κ2) is 4.36. The Morgan fingerprint density at radius 3 is 2.79 bits per heavy atom. The summed E-state index contributed by atoms with van der Waals surface area (Å²) in [5, 5.41) is 2.24. The first-order valence-corrected chi connectivity index (χ1v) is 3.76. The predicted octanol–water partition coefficient (Wildman–Crippen LogP) is 1.18. The van der Waals surface area contributed by atoms with Crippen LogP contribution in [0.5, 0.6) is 0 Å². The van der Waals surface area contributed by atoms with Crippen LogP contribution in [0.4, 0.5) is 10.1 Å². The molecule has 1 aromatic rings. The summed E-state index contributed by atoms with van der Waals surface area (Å²) in [4.78, 5) is 21.1. The lowest BCUT2D eigenvalue weighted by molar-refractivity contribution is -0.105. The lowest BCUT2D eigenvalue weighted by atomic mass is 10.2. The van der Waals surface area contributed by atoms with Gasteiger partial charge < -0.3 is 10.1 Å². The van der Waals surface area contributed by atoms with Gasteiger partial charge in [0.1, 0.15) is 5.82 Å². The van der Waals surface area contributed by atoms with E-state index >= 15 is 0 Å². The van der Waals surface area contributed by atoms with Crippen molar-refractivity contribution in [3.8, 4) is 0 Å². The van der Waals surface area contributed by atoms with Crippen molar-refractivity contribution < 1.29 is 18.7 Å². The van der Waals surface area contributed by atoms with E-state index in [1.165, 1.54) is 13.2 Å². The van der Waals surface area contributed by atoms with Crippen LogP contribution in [0.2, 0.25) is 0 Å². The molecule has 0 saturated carbocycles. The van der Waals surface area contributed by atoms with Crippen LogP contribution in [0.1, 0.15) is 10.4 Å². The summed E-state index contributed by atoms with van der Waals surface area (Å²) in [6.07, 6.45) is 0.399. The number of esters is 1. The van der Waals surface area contributed by atoms with Crippen molar-refractivity contribution >= 4 is 18.1 Å². The largest absolute Gasteiger partial charge is 0.465 e. The molecule has 1 rings (SSSR count). The molecular weight excluding hydrogens is 189 g/mol. The third kappa shape index (κ3) is 2.29. The van der Waals surface area contributed by atoms with Gasteiger partial charge in [0.2, 0.25) is 6.41 Å². The highest BCUT2D eigenvalue weighted by Crippen LogP contribution is 2.14. The van der Waals surface area contributed by atoms with Gasteiger partial charge in [-0.1, -0.05) is 0 Å². The van der Waals surface area contributed by atoms with E-state index in [4.69, 9.17) is 0 Å². The molecule has 5 heteroatoms. The zero-order valence-corrected chi connectivity index (χ0v) is 7.41. The smallest absolute Gasteiger partial charge is 0.338 e. The summed E-state index contributed by atoms with van der Waals surface area (Å²) in [6.45, 7) is 0. The summed E-state index contributed by atoms with van der Waals surface area (Å²) in [7, 11) is 1.19. The van der Waals surface area contributed by atoms with Gasteiger partial charge >= 0.3 is 5.97 Å². The Bertz CT molecular complexity index is 365. The summed E-state index contributed by atoms with van der Waals surface area (Å²) < 4.78 is 17.3. The van der Waals surface area contributed by atoms with E-state index in [2.05, 4.69) is 10.1 Å². The number of methoxy groups -OCH3 is 1. The third-order valence-electron chi connectivity index (χ3n) is 1.54. The minimum Gasteiger partial charge on any atom is -0.465 e. The average Bonchev–Trinajstić information content (AvgIpc) is 2.16. The number of halogens is 1. The average molecular weight is 197 g/mol. The monoisotopic (exact) mass is 197 g/mol. The molecule has 0 aromatic heterocycles. The molecule has 0 aliphatic heterocycles. The zero-order chi connectivity index (χ0) is 10.6. The predicted molar refractivity (Wildman–Crippen MR) is 47.4 cm³/mol. The second-order valence-electron chi connectivity index (χ2n) is 2.48. The van der Waals surface area contributed by atoms with Crippen LogP contribution in [-0.4, -0.2) is 19.5 Å². The van der Waals surface area contributed by atoms with Crippen molar-refractivity contribution in [3.05, 3.63) is 29.6 Å². The number of carbonyl (C=O) groups excluding carboxylic acids is 2. The summed E-state index contributed by atoms with van der Waals surface area (Å²) in [6, 6.07) is 3.45. The number of hydrogen-bond donors (Lipinski definition) is 1. The molecule has 14 heavy (non-hydrogen) atoms. The van der Waals surface area contributed by atoms with Crippen molar-refractivity contribution in [2.24, 2.45) is 0 Å². The summed E-state index contributed by atoms with van der Waals surface area (Å²) >= 11 is 0. The molecule has 74 valence electrons. The molecule has 0 fully saturated rings. The molecule has 0 radical (unpaired) electrons. The van der Waals surface area contributed by atoms with Crippen LogP contribution in [0.15, 0.2) is 18.2 Å². The van der Waals surface area contributed by atoms with Crippen molar-refractivity contribution in [3.63, 3.8) is 0 Å². The maximum Gasteiger partial charge on any atom is 0.338 e. The Labute approximate surface area is 79.7 Å². The first kappa shape index (κ1) is 10.2. The standard InChI is InChI=1S/C9H8FNO3/c1-14-9(13)6-2-7(10)4-8(3-6)11-5-12/h2-5H,1H3,(H,11,12). The van der Waals surface area contributed by atoms with E-state index in [9.17, 15) is 14.0 Å². The highest BCUT2D eigenvalue weighted by Gasteiger charge is 2.08. The highest BCUT2D eigenvalue weighted by molar-refractivity contribution is 5.91. The quantitative estimate of drug-likeness (QED) is 0.584. The molecule has 0 bridgehead atoms. The molecule has 0 saturated heterocycles. The van der Waals surface area contributed by atoms with Crippen molar-refractivity contribution in [1.29, 1.82) is 0 Å². The number of benzene rings is 1. The van der Waals surface area contributed by atoms with Gasteiger partial charge in [-0.3, -0.25) is 4.79 Å². The highest BCUT2D eigenvalue weighted by atomic mass is 19.1. The Morgan fingerprint density at radius 2 is 2.21 bits per heavy atom. The number of hydrogen-bond acceptors (Lipinski definition) is 3. The van der Waals surface area contributed by atoms with Gasteiger partial charge in [-0.15, -0.1) is 0 Å². The molecule has 1 aromatic carbocycles. The molecule has 0 heterocycles. The van der Waals surface area contributed by atoms with Crippen molar-refractivity contribution in [2.75, 3.05) is 12.4 Å². The van der Waals surface area contributed by atoms with Crippen LogP contribution in [0.25, 0.3) is 0 Å². The minimum absolute atomic E-state index is 0.0526. The SMILES string of the molecule is COC(=O)c1cc(F)cc(NC=O)c1. The fourth-order valence-electron chi connectivity index (χ4n) is 0.977. The van der Waals surface area contributed by atoms with Gasteiger partial charge in [0.25, 0.3) is 0 Å². The lowest BCUT2D eigenvalue weighted by Gasteiger charge is -2.02. The first-order chi connectivity index (χ1) is 6.67. The molecule has 4 nitrogen and oxygen atoms in total. The van der Waals surface area contributed by atoms with Crippen molar-refractivity contribution in [2.45, 2.75) is 0 Å². The van der Waals surface area contributed by atoms with E-state index < -0.39 is 11.8 Å². The maximum atomic E-state index is 12.9. The van der Waals surface area contributed by atoms with Crippen LogP contribution in [0, 0.1) is 5.82 Å². The normalized spacial score (nSPS) is 9.29. The number of carbonyl (C=O) groups is 2. The topological polar surface area (TPSA) is 55.4 Å². The fourth-order valence-corrected chi connectivity index (χ4v) is 0.977. The van der Waals surface area contributed by atoms with Crippen LogP contribution < -0.4 is 5.32 Å². The summed E-state index contributed by atoms with van der Waals surface area (Å²) in [5.74, 6) is -1.27. The molecule has 1 N–H and O–H groups in total. The molecular formula is C9H8FNO3. The third-order valence-corrected chi connectivity index (χ3v) is 1.54. The number of anilines is 1. The lowest BCUT2D eigenvalue weighted by Crippen LogP contribution is -2.03. The second-order valence-corrected chi connectivity index (χ2v) is 2.48. The first-order valence-electron chi connectivity index (χ1n) is 3.76. The molecule has 0 atom stereocenters. The van der Waals surface area contributed by atoms with E-state index in [0.717, 1.165) is 12.1 Å². The van der Waals surface area contributed by atoms with E-state index in [1.54, 1.807) is 0 Å². The Kier molecular flexibility index (Phi) is 3.17. The molecule has 0 spiro atoms. The molecule has 1 amide bonds. The van der Waals surface area contributed by atoms with Gasteiger partial charge in [-0.05, 0) is 18.2 Å². The fraction of sp³-hybridized carbons (Fsp3) is 0.111. The Morgan fingerprint density at radius 1 is 1.50 bits per heavy atom. The molecule has 0 aliphatic rings. The Balaban J connectivity index is 3.06. The number of rotatable bonds is 3. The number of amides is 1. The van der Waals surface area contributed by atoms with Crippen LogP contribution >= 0.6 is 0 Å². The summed E-state index contributed by atoms with van der Waals surface area (Å²) in [5.41, 5.74) is 0.261. The van der Waals surface area contributed by atoms with E-state index in [1.807, 2.05) is 0 Å². The van der Waals surface area contributed by atoms with Gasteiger partial charge in [0, 0.05) is 5.69 Å². The van der Waals surface area contributed by atoms with Crippen LogP contribution in [-0.2, 0) is 9.53 Å². The maximum absolute atomic E-state index is 12.9. The number of nitrogens with one attached hydrogen (secondary N) is 1. The molecule has 0 unspecified atom stereocenters. The van der Waals surface area contributed by atoms with E-state index in [0.29, 0.717) is 6.41 Å². The van der Waals surface area contributed by atoms with Crippen LogP contribution in [0.3, 0.4) is 0 Å². The van der Waals surface area contributed by atoms with Gasteiger partial charge in [0.05, 0.1) is 12.7 Å². The minimum atomic E-state index is -0.654. The van der Waals surface area contributed by atoms with Crippen molar-refractivity contribution in [1.82, 2.24) is 0 Å². The van der Waals surface area contributed by atoms with Gasteiger partial charge in [0.15, 0.2) is 0 Å². The molecule has 0 aliphatic carbocycles. The number of ether oxygens (including phenoxy) is 1.